The number of carbonyl (C=O) groups is 2. The second-order valence-electron chi connectivity index (χ2n) is 7.39. The van der Waals surface area contributed by atoms with Gasteiger partial charge < -0.3 is 9.64 Å². The Morgan fingerprint density at radius 1 is 1.11 bits per heavy atom. The van der Waals surface area contributed by atoms with E-state index in [4.69, 9.17) is 16.3 Å². The topological polar surface area (TPSA) is 46.6 Å². The second kappa shape index (κ2) is 7.35. The highest BCUT2D eigenvalue weighted by atomic mass is 35.5. The summed E-state index contributed by atoms with van der Waals surface area (Å²) in [6.07, 6.45) is 2.98. The van der Waals surface area contributed by atoms with Crippen molar-refractivity contribution >= 4 is 23.3 Å². The lowest BCUT2D eigenvalue weighted by Gasteiger charge is -2.44. The lowest BCUT2D eigenvalue weighted by molar-refractivity contribution is -0.134. The van der Waals surface area contributed by atoms with E-state index in [0.717, 1.165) is 6.42 Å². The van der Waals surface area contributed by atoms with Crippen LogP contribution in [0.2, 0.25) is 5.02 Å². The SMILES string of the molecule is O=C1CC2(CCN(C(=O)CCc3ccccc3)CC2)Oc2ccc(Cl)cc21. The molecule has 0 N–H and O–H groups in total. The van der Waals surface area contributed by atoms with Gasteiger partial charge in [0.25, 0.3) is 0 Å². The number of ketones is 1. The number of amides is 1. The molecule has 4 nitrogen and oxygen atoms in total. The van der Waals surface area contributed by atoms with E-state index in [1.807, 2.05) is 35.2 Å². The molecule has 2 aliphatic rings. The number of hydrogen-bond donors (Lipinski definition) is 0. The van der Waals surface area contributed by atoms with Gasteiger partial charge in [-0.05, 0) is 30.2 Å². The lowest BCUT2D eigenvalue weighted by Crippen LogP contribution is -2.52. The summed E-state index contributed by atoms with van der Waals surface area (Å²) < 4.78 is 6.23. The number of Topliss-reactive ketones (excluding diaryl/α,β-unsaturated/α-hetero) is 1. The molecule has 0 aromatic heterocycles. The van der Waals surface area contributed by atoms with Crippen LogP contribution >= 0.6 is 11.6 Å². The van der Waals surface area contributed by atoms with Crippen molar-refractivity contribution in [2.75, 3.05) is 13.1 Å². The average Bonchev–Trinajstić information content (AvgIpc) is 2.68. The number of fused-ring (bicyclic) bond motifs is 1. The number of halogens is 1. The largest absolute Gasteiger partial charge is 0.486 e. The van der Waals surface area contributed by atoms with E-state index in [9.17, 15) is 9.59 Å². The molecule has 0 bridgehead atoms. The lowest BCUT2D eigenvalue weighted by atomic mass is 9.82. The van der Waals surface area contributed by atoms with E-state index in [2.05, 4.69) is 0 Å². The summed E-state index contributed by atoms with van der Waals surface area (Å²) in [6, 6.07) is 15.2. The molecule has 2 aromatic carbocycles. The average molecular weight is 384 g/mol. The quantitative estimate of drug-likeness (QED) is 0.793. The van der Waals surface area contributed by atoms with Crippen LogP contribution in [-0.4, -0.2) is 35.3 Å². The fourth-order valence-corrected chi connectivity index (χ4v) is 4.13. The number of ether oxygens (including phenoxy) is 1. The van der Waals surface area contributed by atoms with Gasteiger partial charge in [0.05, 0.1) is 12.0 Å². The predicted molar refractivity (Wildman–Crippen MR) is 104 cm³/mol. The number of benzene rings is 2. The van der Waals surface area contributed by atoms with E-state index in [0.29, 0.717) is 55.1 Å². The van der Waals surface area contributed by atoms with Gasteiger partial charge in [-0.2, -0.15) is 0 Å². The van der Waals surface area contributed by atoms with Crippen LogP contribution in [0.1, 0.15) is 41.6 Å². The highest BCUT2D eigenvalue weighted by Gasteiger charge is 2.43. The maximum atomic E-state index is 12.6. The monoisotopic (exact) mass is 383 g/mol. The van der Waals surface area contributed by atoms with E-state index >= 15 is 0 Å². The first-order valence-electron chi connectivity index (χ1n) is 9.38. The Hall–Kier alpha value is -2.33. The molecular weight excluding hydrogens is 362 g/mol. The van der Waals surface area contributed by atoms with Crippen LogP contribution in [0.25, 0.3) is 0 Å². The maximum Gasteiger partial charge on any atom is 0.222 e. The van der Waals surface area contributed by atoms with Gasteiger partial charge >= 0.3 is 0 Å². The first kappa shape index (κ1) is 18.1. The minimum Gasteiger partial charge on any atom is -0.486 e. The van der Waals surface area contributed by atoms with Crippen molar-refractivity contribution in [1.29, 1.82) is 0 Å². The third-order valence-corrected chi connectivity index (χ3v) is 5.78. The van der Waals surface area contributed by atoms with Crippen molar-refractivity contribution in [3.63, 3.8) is 0 Å². The van der Waals surface area contributed by atoms with Crippen molar-refractivity contribution in [3.8, 4) is 5.75 Å². The molecule has 0 radical (unpaired) electrons. The zero-order chi connectivity index (χ0) is 18.9. The molecule has 1 saturated heterocycles. The van der Waals surface area contributed by atoms with E-state index in [1.165, 1.54) is 5.56 Å². The summed E-state index contributed by atoms with van der Waals surface area (Å²) in [5.41, 5.74) is 1.25. The van der Waals surface area contributed by atoms with Crippen molar-refractivity contribution in [3.05, 3.63) is 64.7 Å². The standard InChI is InChI=1S/C22H22ClNO3/c23-17-7-8-20-18(14-17)19(25)15-22(27-20)10-12-24(13-11-22)21(26)9-6-16-4-2-1-3-5-16/h1-5,7-8,14H,6,9-13,15H2. The van der Waals surface area contributed by atoms with Crippen LogP contribution in [0.4, 0.5) is 0 Å². The fraction of sp³-hybridized carbons (Fsp3) is 0.364. The van der Waals surface area contributed by atoms with Gasteiger partial charge in [-0.3, -0.25) is 9.59 Å². The van der Waals surface area contributed by atoms with Crippen LogP contribution in [0.5, 0.6) is 5.75 Å². The molecular formula is C22H22ClNO3. The first-order valence-corrected chi connectivity index (χ1v) is 9.76. The van der Waals surface area contributed by atoms with Gasteiger partial charge in [-0.1, -0.05) is 41.9 Å². The maximum absolute atomic E-state index is 12.6. The molecule has 0 atom stereocenters. The zero-order valence-corrected chi connectivity index (χ0v) is 15.9. The highest BCUT2D eigenvalue weighted by Crippen LogP contribution is 2.40. The van der Waals surface area contributed by atoms with Crippen LogP contribution in [0, 0.1) is 0 Å². The van der Waals surface area contributed by atoms with E-state index in [-0.39, 0.29) is 11.7 Å². The number of rotatable bonds is 3. The molecule has 4 rings (SSSR count). The summed E-state index contributed by atoms with van der Waals surface area (Å²) in [5, 5.41) is 0.542. The molecule has 140 valence electrons. The minimum absolute atomic E-state index is 0.0719. The Morgan fingerprint density at radius 2 is 1.85 bits per heavy atom. The summed E-state index contributed by atoms with van der Waals surface area (Å²) in [5.74, 6) is 0.852. The molecule has 1 amide bonds. The molecule has 0 aliphatic carbocycles. The Balaban J connectivity index is 1.36. The number of aryl methyl sites for hydroxylation is 1. The van der Waals surface area contributed by atoms with E-state index < -0.39 is 5.60 Å². The van der Waals surface area contributed by atoms with Gasteiger partial charge in [0.2, 0.25) is 5.91 Å². The number of piperidine rings is 1. The van der Waals surface area contributed by atoms with Gasteiger partial charge in [0, 0.05) is 37.4 Å². The molecule has 0 saturated carbocycles. The Labute approximate surface area is 164 Å². The number of nitrogens with zero attached hydrogens (tertiary/aromatic N) is 1. The van der Waals surface area contributed by atoms with Gasteiger partial charge in [-0.15, -0.1) is 0 Å². The molecule has 0 unspecified atom stereocenters. The first-order chi connectivity index (χ1) is 13.0. The summed E-state index contributed by atoms with van der Waals surface area (Å²) in [6.45, 7) is 1.26. The number of likely N-dealkylation sites (tertiary alicyclic amines) is 1. The highest BCUT2D eigenvalue weighted by molar-refractivity contribution is 6.31. The van der Waals surface area contributed by atoms with E-state index in [1.54, 1.807) is 18.2 Å². The summed E-state index contributed by atoms with van der Waals surface area (Å²) in [4.78, 5) is 27.0. The normalized spacial score (nSPS) is 18.1. The van der Waals surface area contributed by atoms with Gasteiger partial charge in [-0.25, -0.2) is 0 Å². The summed E-state index contributed by atoms with van der Waals surface area (Å²) >= 11 is 6.00. The second-order valence-corrected chi connectivity index (χ2v) is 7.83. The van der Waals surface area contributed by atoms with Crippen LogP contribution < -0.4 is 4.74 Å². The molecule has 2 aliphatic heterocycles. The Kier molecular flexibility index (Phi) is 4.92. The van der Waals surface area contributed by atoms with Gasteiger partial charge in [0.1, 0.15) is 11.4 Å². The zero-order valence-electron chi connectivity index (χ0n) is 15.1. The number of hydrogen-bond acceptors (Lipinski definition) is 3. The summed E-state index contributed by atoms with van der Waals surface area (Å²) in [7, 11) is 0. The van der Waals surface area contributed by atoms with Crippen molar-refractivity contribution < 1.29 is 14.3 Å². The third-order valence-electron chi connectivity index (χ3n) is 5.55. The molecule has 2 heterocycles. The fourth-order valence-electron chi connectivity index (χ4n) is 3.96. The third kappa shape index (κ3) is 3.86. The van der Waals surface area contributed by atoms with Crippen LogP contribution in [0.3, 0.4) is 0 Å². The Bertz CT molecular complexity index is 857. The molecule has 5 heteroatoms. The van der Waals surface area contributed by atoms with Crippen molar-refractivity contribution in [2.45, 2.75) is 37.7 Å². The van der Waals surface area contributed by atoms with Crippen LogP contribution in [-0.2, 0) is 11.2 Å². The predicted octanol–water partition coefficient (Wildman–Crippen LogP) is 4.30. The van der Waals surface area contributed by atoms with Crippen molar-refractivity contribution in [1.82, 2.24) is 4.90 Å². The minimum atomic E-state index is -0.492. The smallest absolute Gasteiger partial charge is 0.222 e. The molecule has 1 fully saturated rings. The number of carbonyl (C=O) groups excluding carboxylic acids is 2. The van der Waals surface area contributed by atoms with Crippen molar-refractivity contribution in [2.24, 2.45) is 0 Å². The Morgan fingerprint density at radius 3 is 2.59 bits per heavy atom. The molecule has 27 heavy (non-hydrogen) atoms. The van der Waals surface area contributed by atoms with Gasteiger partial charge in [0.15, 0.2) is 5.78 Å². The molecule has 2 aromatic rings. The molecule has 1 spiro atoms. The van der Waals surface area contributed by atoms with Crippen LogP contribution in [0.15, 0.2) is 48.5 Å².